The van der Waals surface area contributed by atoms with Gasteiger partial charge in [-0.25, -0.2) is 8.78 Å². The molecular formula is C13H17F2NOS. The van der Waals surface area contributed by atoms with Crippen LogP contribution in [0.25, 0.3) is 0 Å². The van der Waals surface area contributed by atoms with Crippen molar-refractivity contribution in [1.82, 2.24) is 0 Å². The summed E-state index contributed by atoms with van der Waals surface area (Å²) in [5, 5.41) is -0.139. The van der Waals surface area contributed by atoms with Crippen molar-refractivity contribution in [3.05, 3.63) is 23.8 Å². The first-order valence-electron chi connectivity index (χ1n) is 6.24. The van der Waals surface area contributed by atoms with E-state index in [9.17, 15) is 13.0 Å². The maximum Gasteiger partial charge on any atom is 0.144 e. The Morgan fingerprint density at radius 2 is 1.56 bits per heavy atom. The van der Waals surface area contributed by atoms with Crippen molar-refractivity contribution in [3.8, 4) is 0 Å². The summed E-state index contributed by atoms with van der Waals surface area (Å²) in [6.07, 6.45) is 5.73. The largest absolute Gasteiger partial charge is 0.399 e. The van der Waals surface area contributed by atoms with Gasteiger partial charge < -0.3 is 5.73 Å². The predicted octanol–water partition coefficient (Wildman–Crippen LogP) is 3.38. The van der Waals surface area contributed by atoms with E-state index in [0.717, 1.165) is 50.7 Å². The van der Waals surface area contributed by atoms with Crippen LogP contribution in [0.5, 0.6) is 0 Å². The van der Waals surface area contributed by atoms with Crippen LogP contribution < -0.4 is 5.73 Å². The highest BCUT2D eigenvalue weighted by atomic mass is 32.2. The fourth-order valence-corrected chi connectivity index (χ4v) is 3.99. The Labute approximate surface area is 108 Å². The maximum atomic E-state index is 13.7. The molecule has 1 saturated carbocycles. The number of hydrogen-bond acceptors (Lipinski definition) is 2. The molecule has 100 valence electrons. The number of halogens is 2. The van der Waals surface area contributed by atoms with Crippen LogP contribution in [0.1, 0.15) is 38.5 Å². The molecule has 0 amide bonds. The Balaban J connectivity index is 2.27. The monoisotopic (exact) mass is 273 g/mol. The highest BCUT2D eigenvalue weighted by Crippen LogP contribution is 2.28. The second kappa shape index (κ2) is 5.78. The first kappa shape index (κ1) is 13.5. The Morgan fingerprint density at radius 1 is 1.06 bits per heavy atom. The number of rotatable bonds is 2. The van der Waals surface area contributed by atoms with Crippen molar-refractivity contribution in [2.45, 2.75) is 48.7 Å². The number of nitrogen functional groups attached to an aromatic ring is 1. The molecule has 0 saturated heterocycles. The molecule has 1 aromatic rings. The fraction of sp³-hybridized carbons (Fsp3) is 0.538. The van der Waals surface area contributed by atoms with Crippen molar-refractivity contribution >= 4 is 16.5 Å². The van der Waals surface area contributed by atoms with E-state index in [1.807, 2.05) is 0 Å². The van der Waals surface area contributed by atoms with Crippen molar-refractivity contribution in [1.29, 1.82) is 0 Å². The molecule has 0 radical (unpaired) electrons. The minimum atomic E-state index is -1.62. The van der Waals surface area contributed by atoms with Gasteiger partial charge in [-0.2, -0.15) is 0 Å². The lowest BCUT2D eigenvalue weighted by Gasteiger charge is -2.15. The van der Waals surface area contributed by atoms with Gasteiger partial charge in [0.1, 0.15) is 16.5 Å². The molecule has 5 heteroatoms. The topological polar surface area (TPSA) is 43.1 Å². The van der Waals surface area contributed by atoms with Crippen LogP contribution in [-0.4, -0.2) is 9.46 Å². The summed E-state index contributed by atoms with van der Waals surface area (Å²) < 4.78 is 39.7. The first-order chi connectivity index (χ1) is 8.59. The van der Waals surface area contributed by atoms with E-state index in [0.29, 0.717) is 0 Å². The van der Waals surface area contributed by atoms with Crippen molar-refractivity contribution in [3.63, 3.8) is 0 Å². The molecule has 1 aliphatic rings. The Morgan fingerprint density at radius 3 is 2.06 bits per heavy atom. The van der Waals surface area contributed by atoms with Gasteiger partial charge in [0.05, 0.1) is 10.8 Å². The van der Waals surface area contributed by atoms with Gasteiger partial charge in [0.15, 0.2) is 0 Å². The standard InChI is InChI=1S/C13H17F2NOS/c14-11-7-9(16)8-12(15)13(11)18(17)10-5-3-1-2-4-6-10/h7-8,10H,1-6,16H2. The smallest absolute Gasteiger partial charge is 0.144 e. The molecule has 0 spiro atoms. The van der Waals surface area contributed by atoms with Crippen molar-refractivity contribution in [2.24, 2.45) is 0 Å². The molecule has 0 aliphatic heterocycles. The average molecular weight is 273 g/mol. The first-order valence-corrected chi connectivity index (χ1v) is 7.46. The minimum Gasteiger partial charge on any atom is -0.399 e. The zero-order chi connectivity index (χ0) is 13.1. The second-order valence-electron chi connectivity index (χ2n) is 4.72. The Hall–Kier alpha value is -0.970. The van der Waals surface area contributed by atoms with E-state index in [2.05, 4.69) is 0 Å². The Bertz CT molecular complexity index is 433. The van der Waals surface area contributed by atoms with E-state index in [-0.39, 0.29) is 15.8 Å². The van der Waals surface area contributed by atoms with Gasteiger partial charge in [0.25, 0.3) is 0 Å². The quantitative estimate of drug-likeness (QED) is 0.663. The highest BCUT2D eigenvalue weighted by molar-refractivity contribution is 7.85. The van der Waals surface area contributed by atoms with Crippen molar-refractivity contribution < 1.29 is 13.0 Å². The summed E-state index contributed by atoms with van der Waals surface area (Å²) in [4.78, 5) is -0.309. The maximum absolute atomic E-state index is 13.7. The van der Waals surface area contributed by atoms with Crippen LogP contribution in [0.3, 0.4) is 0 Å². The van der Waals surface area contributed by atoms with E-state index in [1.54, 1.807) is 0 Å². The summed E-state index contributed by atoms with van der Waals surface area (Å²) in [7, 11) is -1.62. The van der Waals surface area contributed by atoms with Crippen molar-refractivity contribution in [2.75, 3.05) is 5.73 Å². The molecule has 1 atom stereocenters. The van der Waals surface area contributed by atoms with Gasteiger partial charge >= 0.3 is 0 Å². The molecule has 1 aliphatic carbocycles. The van der Waals surface area contributed by atoms with Crippen LogP contribution in [0.15, 0.2) is 17.0 Å². The number of benzene rings is 1. The van der Waals surface area contributed by atoms with Gasteiger partial charge in [-0.3, -0.25) is 4.21 Å². The minimum absolute atomic E-state index is 0.0200. The normalized spacial score (nSPS) is 19.4. The molecule has 1 aromatic carbocycles. The van der Waals surface area contributed by atoms with E-state index >= 15 is 0 Å². The molecule has 1 unspecified atom stereocenters. The zero-order valence-corrected chi connectivity index (χ0v) is 10.9. The van der Waals surface area contributed by atoms with E-state index in [1.165, 1.54) is 0 Å². The summed E-state index contributed by atoms with van der Waals surface area (Å²) in [5.74, 6) is -1.59. The number of anilines is 1. The summed E-state index contributed by atoms with van der Waals surface area (Å²) in [5.41, 5.74) is 5.37. The summed E-state index contributed by atoms with van der Waals surface area (Å²) in [6.45, 7) is 0. The van der Waals surface area contributed by atoms with Crippen LogP contribution >= 0.6 is 0 Å². The summed E-state index contributed by atoms with van der Waals surface area (Å²) in [6, 6.07) is 2.07. The fourth-order valence-electron chi connectivity index (χ4n) is 2.39. The Kier molecular flexibility index (Phi) is 4.32. The van der Waals surface area contributed by atoms with Crippen LogP contribution in [0.2, 0.25) is 0 Å². The third-order valence-corrected chi connectivity index (χ3v) is 5.20. The molecule has 2 rings (SSSR count). The molecule has 0 heterocycles. The highest BCUT2D eigenvalue weighted by Gasteiger charge is 2.25. The lowest BCUT2D eigenvalue weighted by Crippen LogP contribution is -2.17. The molecule has 1 fully saturated rings. The van der Waals surface area contributed by atoms with Gasteiger partial charge in [-0.1, -0.05) is 25.7 Å². The molecule has 0 bridgehead atoms. The predicted molar refractivity (Wildman–Crippen MR) is 68.7 cm³/mol. The summed E-state index contributed by atoms with van der Waals surface area (Å²) >= 11 is 0. The zero-order valence-electron chi connectivity index (χ0n) is 10.1. The second-order valence-corrected chi connectivity index (χ2v) is 6.39. The lowest BCUT2D eigenvalue weighted by molar-refractivity contribution is 0.531. The molecule has 2 N–H and O–H groups in total. The van der Waals surface area contributed by atoms with Gasteiger partial charge in [0, 0.05) is 10.9 Å². The van der Waals surface area contributed by atoms with E-state index in [4.69, 9.17) is 5.73 Å². The average Bonchev–Trinajstić information content (AvgIpc) is 2.55. The van der Waals surface area contributed by atoms with Crippen LogP contribution in [-0.2, 0) is 10.8 Å². The molecular weight excluding hydrogens is 256 g/mol. The SMILES string of the molecule is Nc1cc(F)c(S(=O)C2CCCCCC2)c(F)c1. The third kappa shape index (κ3) is 2.88. The van der Waals surface area contributed by atoms with Crippen LogP contribution in [0.4, 0.5) is 14.5 Å². The van der Waals surface area contributed by atoms with E-state index < -0.39 is 22.4 Å². The molecule has 2 nitrogen and oxygen atoms in total. The van der Waals surface area contributed by atoms with Gasteiger partial charge in [-0.05, 0) is 25.0 Å². The number of hydrogen-bond donors (Lipinski definition) is 1. The van der Waals surface area contributed by atoms with Gasteiger partial charge in [-0.15, -0.1) is 0 Å². The van der Waals surface area contributed by atoms with Gasteiger partial charge in [0.2, 0.25) is 0 Å². The lowest BCUT2D eigenvalue weighted by atomic mass is 10.2. The third-order valence-electron chi connectivity index (χ3n) is 3.33. The molecule has 0 aromatic heterocycles. The van der Waals surface area contributed by atoms with Crippen LogP contribution in [0, 0.1) is 11.6 Å². The number of nitrogens with two attached hydrogens (primary N) is 1. The molecule has 18 heavy (non-hydrogen) atoms.